The first-order valence-electron chi connectivity index (χ1n) is 7.13. The lowest BCUT2D eigenvalue weighted by Crippen LogP contribution is -2.34. The second-order valence-electron chi connectivity index (χ2n) is 5.47. The van der Waals surface area contributed by atoms with Crippen molar-refractivity contribution in [3.8, 4) is 0 Å². The number of hydrogen-bond acceptors (Lipinski definition) is 4. The van der Waals surface area contributed by atoms with Gasteiger partial charge in [0.25, 0.3) is 0 Å². The van der Waals surface area contributed by atoms with Gasteiger partial charge in [-0.25, -0.2) is 4.79 Å². The molecule has 1 aliphatic rings. The molecule has 2 aromatic rings. The van der Waals surface area contributed by atoms with Crippen LogP contribution in [-0.4, -0.2) is 11.1 Å². The van der Waals surface area contributed by atoms with Gasteiger partial charge in [0.15, 0.2) is 0 Å². The standard InChI is InChI=1S/C18H15ClO3S/c1-18(12-7-3-2-4-8-12)11-14(20)16(17(21)22-18)23-15-10-6-5-9-13(15)19/h2-10,20H,11H2,1H3. The van der Waals surface area contributed by atoms with Gasteiger partial charge in [-0.05, 0) is 24.6 Å². The molecular weight excluding hydrogens is 332 g/mol. The molecule has 1 atom stereocenters. The first-order chi connectivity index (χ1) is 11.0. The van der Waals surface area contributed by atoms with Crippen LogP contribution in [0.15, 0.2) is 70.2 Å². The molecule has 1 unspecified atom stereocenters. The SMILES string of the molecule is CC1(c2ccccc2)CC(O)=C(Sc2ccccc2Cl)C(=O)O1. The summed E-state index contributed by atoms with van der Waals surface area (Å²) in [6.07, 6.45) is 0.232. The Morgan fingerprint density at radius 1 is 1.13 bits per heavy atom. The number of hydrogen-bond donors (Lipinski definition) is 1. The zero-order valence-corrected chi connectivity index (χ0v) is 14.0. The fourth-order valence-electron chi connectivity index (χ4n) is 2.49. The molecule has 5 heteroatoms. The topological polar surface area (TPSA) is 46.5 Å². The number of aliphatic hydroxyl groups excluding tert-OH is 1. The third-order valence-electron chi connectivity index (χ3n) is 3.70. The summed E-state index contributed by atoms with van der Waals surface area (Å²) in [5.41, 5.74) is -0.0193. The molecule has 0 saturated heterocycles. The van der Waals surface area contributed by atoms with Gasteiger partial charge in [0.1, 0.15) is 16.3 Å². The van der Waals surface area contributed by atoms with Crippen LogP contribution >= 0.6 is 23.4 Å². The smallest absolute Gasteiger partial charge is 0.349 e. The van der Waals surface area contributed by atoms with Crippen LogP contribution in [0.4, 0.5) is 0 Å². The number of cyclic esters (lactones) is 1. The lowest BCUT2D eigenvalue weighted by Gasteiger charge is -2.34. The molecule has 3 nitrogen and oxygen atoms in total. The van der Waals surface area contributed by atoms with E-state index < -0.39 is 11.6 Å². The van der Waals surface area contributed by atoms with Crippen LogP contribution in [0.5, 0.6) is 0 Å². The minimum atomic E-state index is -0.868. The van der Waals surface area contributed by atoms with Gasteiger partial charge >= 0.3 is 5.97 Å². The van der Waals surface area contributed by atoms with Crippen LogP contribution in [0, 0.1) is 0 Å². The van der Waals surface area contributed by atoms with Crippen LogP contribution in [0.2, 0.25) is 5.02 Å². The van der Waals surface area contributed by atoms with Gasteiger partial charge in [-0.15, -0.1) is 0 Å². The fourth-order valence-corrected chi connectivity index (χ4v) is 3.59. The van der Waals surface area contributed by atoms with Crippen molar-refractivity contribution in [3.63, 3.8) is 0 Å². The summed E-state index contributed by atoms with van der Waals surface area (Å²) in [4.78, 5) is 13.3. The molecule has 1 N–H and O–H groups in total. The Bertz CT molecular complexity index is 773. The van der Waals surface area contributed by atoms with E-state index in [-0.39, 0.29) is 17.1 Å². The Balaban J connectivity index is 1.91. The van der Waals surface area contributed by atoms with Crippen LogP contribution in [0.25, 0.3) is 0 Å². The number of halogens is 1. The third-order valence-corrected chi connectivity index (χ3v) is 5.33. The van der Waals surface area contributed by atoms with Gasteiger partial charge in [-0.2, -0.15) is 0 Å². The zero-order valence-electron chi connectivity index (χ0n) is 12.5. The summed E-state index contributed by atoms with van der Waals surface area (Å²) in [6, 6.07) is 16.6. The second-order valence-corrected chi connectivity index (χ2v) is 6.93. The van der Waals surface area contributed by atoms with E-state index in [1.165, 1.54) is 0 Å². The summed E-state index contributed by atoms with van der Waals surface area (Å²) in [6.45, 7) is 1.80. The number of benzene rings is 2. The van der Waals surface area contributed by atoms with Crippen LogP contribution < -0.4 is 0 Å². The maximum atomic E-state index is 12.4. The molecule has 2 aromatic carbocycles. The molecule has 118 valence electrons. The van der Waals surface area contributed by atoms with E-state index in [4.69, 9.17) is 16.3 Å². The highest BCUT2D eigenvalue weighted by Crippen LogP contribution is 2.43. The van der Waals surface area contributed by atoms with Crippen molar-refractivity contribution < 1.29 is 14.6 Å². The predicted octanol–water partition coefficient (Wildman–Crippen LogP) is 5.06. The average molecular weight is 347 g/mol. The van der Waals surface area contributed by atoms with Crippen LogP contribution in [0.3, 0.4) is 0 Å². The van der Waals surface area contributed by atoms with Crippen LogP contribution in [-0.2, 0) is 15.1 Å². The third kappa shape index (κ3) is 3.23. The van der Waals surface area contributed by atoms with Gasteiger partial charge in [-0.3, -0.25) is 0 Å². The quantitative estimate of drug-likeness (QED) is 0.789. The number of aliphatic hydroxyl groups is 1. The Morgan fingerprint density at radius 2 is 1.78 bits per heavy atom. The normalized spacial score (nSPS) is 21.2. The van der Waals surface area contributed by atoms with Crippen molar-refractivity contribution in [2.75, 3.05) is 0 Å². The molecule has 0 spiro atoms. The van der Waals surface area contributed by atoms with E-state index in [0.29, 0.717) is 9.92 Å². The monoisotopic (exact) mass is 346 g/mol. The molecule has 0 radical (unpaired) electrons. The first-order valence-corrected chi connectivity index (χ1v) is 8.32. The largest absolute Gasteiger partial charge is 0.511 e. The summed E-state index contributed by atoms with van der Waals surface area (Å²) in [5.74, 6) is -0.512. The van der Waals surface area contributed by atoms with E-state index >= 15 is 0 Å². The minimum absolute atomic E-state index is 0.0255. The maximum absolute atomic E-state index is 12.4. The summed E-state index contributed by atoms with van der Waals surface area (Å²) >= 11 is 7.24. The van der Waals surface area contributed by atoms with E-state index in [1.807, 2.05) is 42.5 Å². The summed E-state index contributed by atoms with van der Waals surface area (Å²) in [7, 11) is 0. The Hall–Kier alpha value is -1.91. The van der Waals surface area contributed by atoms with Crippen molar-refractivity contribution in [3.05, 3.63) is 75.8 Å². The summed E-state index contributed by atoms with van der Waals surface area (Å²) in [5, 5.41) is 10.9. The van der Waals surface area contributed by atoms with Gasteiger partial charge in [-0.1, -0.05) is 65.8 Å². The lowest BCUT2D eigenvalue weighted by molar-refractivity contribution is -0.156. The highest BCUT2D eigenvalue weighted by atomic mass is 35.5. The highest BCUT2D eigenvalue weighted by molar-refractivity contribution is 8.04. The van der Waals surface area contributed by atoms with Crippen molar-refractivity contribution >= 4 is 29.3 Å². The fraction of sp³-hybridized carbons (Fsp3) is 0.167. The van der Waals surface area contributed by atoms with Gasteiger partial charge in [0, 0.05) is 4.90 Å². The molecule has 1 aliphatic heterocycles. The average Bonchev–Trinajstić information content (AvgIpc) is 2.53. The molecule has 23 heavy (non-hydrogen) atoms. The first kappa shape index (κ1) is 16.0. The number of esters is 1. The van der Waals surface area contributed by atoms with Gasteiger partial charge in [0.2, 0.25) is 0 Å². The van der Waals surface area contributed by atoms with Crippen molar-refractivity contribution in [2.45, 2.75) is 23.8 Å². The Labute approximate surface area is 143 Å². The van der Waals surface area contributed by atoms with E-state index in [2.05, 4.69) is 0 Å². The Kier molecular flexibility index (Phi) is 4.37. The van der Waals surface area contributed by atoms with Gasteiger partial charge < -0.3 is 9.84 Å². The van der Waals surface area contributed by atoms with Gasteiger partial charge in [0.05, 0.1) is 11.4 Å². The molecule has 1 heterocycles. The molecule has 0 bridgehead atoms. The van der Waals surface area contributed by atoms with Crippen molar-refractivity contribution in [1.82, 2.24) is 0 Å². The number of thioether (sulfide) groups is 1. The number of carbonyl (C=O) groups excluding carboxylic acids is 1. The van der Waals surface area contributed by atoms with Crippen molar-refractivity contribution in [1.29, 1.82) is 0 Å². The summed E-state index contributed by atoms with van der Waals surface area (Å²) < 4.78 is 5.63. The number of rotatable bonds is 3. The second kappa shape index (κ2) is 6.30. The molecule has 0 saturated carbocycles. The molecule has 3 rings (SSSR count). The zero-order chi connectivity index (χ0) is 16.4. The molecule has 0 aromatic heterocycles. The number of ether oxygens (including phenoxy) is 1. The lowest BCUT2D eigenvalue weighted by atomic mass is 9.90. The molecule has 0 amide bonds. The van der Waals surface area contributed by atoms with E-state index in [0.717, 1.165) is 17.3 Å². The Morgan fingerprint density at radius 3 is 2.43 bits per heavy atom. The number of carbonyl (C=O) groups is 1. The van der Waals surface area contributed by atoms with E-state index in [9.17, 15) is 9.90 Å². The highest BCUT2D eigenvalue weighted by Gasteiger charge is 2.40. The molecular formula is C18H15ClO3S. The molecule has 0 fully saturated rings. The predicted molar refractivity (Wildman–Crippen MR) is 91.5 cm³/mol. The van der Waals surface area contributed by atoms with E-state index in [1.54, 1.807) is 19.1 Å². The maximum Gasteiger partial charge on any atom is 0.349 e. The molecule has 0 aliphatic carbocycles. The van der Waals surface area contributed by atoms with Crippen molar-refractivity contribution in [2.24, 2.45) is 0 Å². The van der Waals surface area contributed by atoms with Crippen LogP contribution in [0.1, 0.15) is 18.9 Å². The minimum Gasteiger partial charge on any atom is -0.511 e.